The summed E-state index contributed by atoms with van der Waals surface area (Å²) >= 11 is 1.40. The van der Waals surface area contributed by atoms with Crippen molar-refractivity contribution in [1.29, 1.82) is 0 Å². The minimum Gasteiger partial charge on any atom is -0.494 e. The van der Waals surface area contributed by atoms with Crippen LogP contribution < -0.4 is 14.8 Å². The zero-order chi connectivity index (χ0) is 19.1. The monoisotopic (exact) mass is 382 g/mol. The summed E-state index contributed by atoms with van der Waals surface area (Å²) in [5.41, 5.74) is 1.67. The third-order valence-electron chi connectivity index (χ3n) is 3.78. The quantitative estimate of drug-likeness (QED) is 0.589. The van der Waals surface area contributed by atoms with Crippen LogP contribution in [0.4, 0.5) is 0 Å². The lowest BCUT2D eigenvalue weighted by atomic mass is 10.1. The van der Waals surface area contributed by atoms with Crippen molar-refractivity contribution in [3.8, 4) is 22.8 Å². The molecular formula is C21H22N2O3S. The van der Waals surface area contributed by atoms with Crippen molar-refractivity contribution >= 4 is 17.2 Å². The van der Waals surface area contributed by atoms with Crippen LogP contribution in [-0.2, 0) is 0 Å². The summed E-state index contributed by atoms with van der Waals surface area (Å²) in [7, 11) is 0. The highest BCUT2D eigenvalue weighted by Gasteiger charge is 2.17. The second kappa shape index (κ2) is 9.19. The number of amides is 1. The fourth-order valence-electron chi connectivity index (χ4n) is 2.59. The summed E-state index contributed by atoms with van der Waals surface area (Å²) in [4.78, 5) is 17.7. The fourth-order valence-corrected chi connectivity index (χ4v) is 3.44. The molecule has 0 aliphatic rings. The molecule has 6 heteroatoms. The van der Waals surface area contributed by atoms with Gasteiger partial charge < -0.3 is 14.8 Å². The number of hydrogen-bond donors (Lipinski definition) is 1. The zero-order valence-corrected chi connectivity index (χ0v) is 16.2. The van der Waals surface area contributed by atoms with Crippen molar-refractivity contribution in [1.82, 2.24) is 10.3 Å². The van der Waals surface area contributed by atoms with E-state index in [1.54, 1.807) is 0 Å². The summed E-state index contributed by atoms with van der Waals surface area (Å²) in [6.45, 7) is 5.29. The van der Waals surface area contributed by atoms with Crippen molar-refractivity contribution < 1.29 is 14.3 Å². The maximum atomic E-state index is 12.6. The van der Waals surface area contributed by atoms with Crippen molar-refractivity contribution in [2.75, 3.05) is 19.8 Å². The van der Waals surface area contributed by atoms with Crippen molar-refractivity contribution in [2.24, 2.45) is 0 Å². The number of thiazole rings is 1. The van der Waals surface area contributed by atoms with Gasteiger partial charge in [0.15, 0.2) is 0 Å². The summed E-state index contributed by atoms with van der Waals surface area (Å²) in [6, 6.07) is 17.2. The van der Waals surface area contributed by atoms with Gasteiger partial charge in [0.2, 0.25) is 0 Å². The average molecular weight is 382 g/mol. The van der Waals surface area contributed by atoms with Crippen LogP contribution in [0, 0.1) is 6.92 Å². The first-order chi connectivity index (χ1) is 13.2. The number of carbonyl (C=O) groups excluding carboxylic acids is 1. The van der Waals surface area contributed by atoms with Gasteiger partial charge in [-0.2, -0.15) is 0 Å². The predicted octanol–water partition coefficient (Wildman–Crippen LogP) is 4.33. The molecule has 0 aliphatic carbocycles. The highest BCUT2D eigenvalue weighted by molar-refractivity contribution is 7.14. The topological polar surface area (TPSA) is 60.5 Å². The lowest BCUT2D eigenvalue weighted by molar-refractivity contribution is 0.0951. The number of nitrogens with one attached hydrogen (secondary N) is 1. The molecule has 0 radical (unpaired) electrons. The molecule has 0 aliphatic heterocycles. The van der Waals surface area contributed by atoms with E-state index >= 15 is 0 Å². The Morgan fingerprint density at radius 2 is 1.70 bits per heavy atom. The van der Waals surface area contributed by atoms with Crippen LogP contribution in [0.1, 0.15) is 21.6 Å². The molecule has 0 saturated carbocycles. The van der Waals surface area contributed by atoms with Crippen LogP contribution in [0.3, 0.4) is 0 Å². The standard InChI is InChI=1S/C21H22N2O3S/c1-3-25-17-9-11-18(12-10-17)26-14-13-22-21(24)20-19(23-15(2)27-20)16-7-5-4-6-8-16/h4-12H,3,13-14H2,1-2H3,(H,22,24). The number of aromatic nitrogens is 1. The largest absolute Gasteiger partial charge is 0.494 e. The van der Waals surface area contributed by atoms with Gasteiger partial charge in [-0.1, -0.05) is 30.3 Å². The first-order valence-electron chi connectivity index (χ1n) is 8.84. The smallest absolute Gasteiger partial charge is 0.263 e. The van der Waals surface area contributed by atoms with Gasteiger partial charge in [0, 0.05) is 5.56 Å². The minimum atomic E-state index is -0.130. The third kappa shape index (κ3) is 5.08. The molecule has 3 aromatic rings. The normalized spacial score (nSPS) is 10.4. The molecule has 0 fully saturated rings. The lowest BCUT2D eigenvalue weighted by Gasteiger charge is -2.09. The number of nitrogens with zero attached hydrogens (tertiary/aromatic N) is 1. The van der Waals surface area contributed by atoms with E-state index in [2.05, 4.69) is 10.3 Å². The molecule has 5 nitrogen and oxygen atoms in total. The number of hydrogen-bond acceptors (Lipinski definition) is 5. The van der Waals surface area contributed by atoms with Crippen molar-refractivity contribution in [2.45, 2.75) is 13.8 Å². The number of ether oxygens (including phenoxy) is 2. The Kier molecular flexibility index (Phi) is 6.44. The molecule has 1 N–H and O–H groups in total. The van der Waals surface area contributed by atoms with Crippen LogP contribution in [0.15, 0.2) is 54.6 Å². The number of aryl methyl sites for hydroxylation is 1. The van der Waals surface area contributed by atoms with E-state index in [4.69, 9.17) is 9.47 Å². The second-order valence-electron chi connectivity index (χ2n) is 5.79. The highest BCUT2D eigenvalue weighted by atomic mass is 32.1. The Hall–Kier alpha value is -2.86. The summed E-state index contributed by atoms with van der Waals surface area (Å²) in [5.74, 6) is 1.42. The predicted molar refractivity (Wildman–Crippen MR) is 108 cm³/mol. The van der Waals surface area contributed by atoms with Crippen LogP contribution in [0.5, 0.6) is 11.5 Å². The maximum absolute atomic E-state index is 12.6. The van der Waals surface area contributed by atoms with E-state index in [1.165, 1.54) is 11.3 Å². The van der Waals surface area contributed by atoms with Gasteiger partial charge in [-0.05, 0) is 38.1 Å². The maximum Gasteiger partial charge on any atom is 0.263 e. The van der Waals surface area contributed by atoms with Crippen LogP contribution in [0.2, 0.25) is 0 Å². The Morgan fingerprint density at radius 3 is 2.37 bits per heavy atom. The Balaban J connectivity index is 1.54. The molecule has 0 saturated heterocycles. The Bertz CT molecular complexity index is 876. The molecule has 3 rings (SSSR count). The molecule has 27 heavy (non-hydrogen) atoms. The average Bonchev–Trinajstić information content (AvgIpc) is 3.09. The third-order valence-corrected chi connectivity index (χ3v) is 4.75. The molecule has 1 aromatic heterocycles. The molecule has 140 valence electrons. The van der Waals surface area contributed by atoms with Crippen molar-refractivity contribution in [3.05, 3.63) is 64.5 Å². The molecule has 1 amide bonds. The minimum absolute atomic E-state index is 0.130. The SMILES string of the molecule is CCOc1ccc(OCCNC(=O)c2sc(C)nc2-c2ccccc2)cc1. The fraction of sp³-hybridized carbons (Fsp3) is 0.238. The van der Waals surface area contributed by atoms with Gasteiger partial charge in [-0.3, -0.25) is 4.79 Å². The lowest BCUT2D eigenvalue weighted by Crippen LogP contribution is -2.27. The second-order valence-corrected chi connectivity index (χ2v) is 6.99. The Labute approximate surface area is 163 Å². The van der Waals surface area contributed by atoms with Gasteiger partial charge in [0.1, 0.15) is 23.0 Å². The number of carbonyl (C=O) groups is 1. The number of benzene rings is 2. The van der Waals surface area contributed by atoms with Crippen LogP contribution in [0.25, 0.3) is 11.3 Å². The molecule has 0 unspecified atom stereocenters. The van der Waals surface area contributed by atoms with Gasteiger partial charge in [-0.25, -0.2) is 4.98 Å². The summed E-state index contributed by atoms with van der Waals surface area (Å²) < 4.78 is 11.1. The van der Waals surface area contributed by atoms with E-state index in [-0.39, 0.29) is 5.91 Å². The molecular weight excluding hydrogens is 360 g/mol. The van der Waals surface area contributed by atoms with E-state index in [9.17, 15) is 4.79 Å². The summed E-state index contributed by atoms with van der Waals surface area (Å²) in [6.07, 6.45) is 0. The van der Waals surface area contributed by atoms with E-state index in [0.717, 1.165) is 27.8 Å². The van der Waals surface area contributed by atoms with Crippen LogP contribution in [-0.4, -0.2) is 30.6 Å². The highest BCUT2D eigenvalue weighted by Crippen LogP contribution is 2.27. The number of rotatable bonds is 8. The van der Waals surface area contributed by atoms with Gasteiger partial charge in [0.25, 0.3) is 5.91 Å². The molecule has 0 spiro atoms. The van der Waals surface area contributed by atoms with Gasteiger partial charge in [0.05, 0.1) is 23.9 Å². The zero-order valence-electron chi connectivity index (χ0n) is 15.4. The summed E-state index contributed by atoms with van der Waals surface area (Å²) in [5, 5.41) is 3.77. The molecule has 0 atom stereocenters. The van der Waals surface area contributed by atoms with E-state index < -0.39 is 0 Å². The first kappa shape index (κ1) is 18.9. The molecule has 1 heterocycles. The van der Waals surface area contributed by atoms with Gasteiger partial charge in [-0.15, -0.1) is 11.3 Å². The van der Waals surface area contributed by atoms with E-state index in [0.29, 0.717) is 24.6 Å². The Morgan fingerprint density at radius 1 is 1.04 bits per heavy atom. The van der Waals surface area contributed by atoms with Gasteiger partial charge >= 0.3 is 0 Å². The molecule has 0 bridgehead atoms. The van der Waals surface area contributed by atoms with E-state index in [1.807, 2.05) is 68.4 Å². The molecule has 2 aromatic carbocycles. The van der Waals surface area contributed by atoms with Crippen LogP contribution >= 0.6 is 11.3 Å². The van der Waals surface area contributed by atoms with Crippen molar-refractivity contribution in [3.63, 3.8) is 0 Å². The first-order valence-corrected chi connectivity index (χ1v) is 9.65.